The van der Waals surface area contributed by atoms with Gasteiger partial charge in [0.15, 0.2) is 9.84 Å². The third-order valence-electron chi connectivity index (χ3n) is 2.22. The lowest BCUT2D eigenvalue weighted by atomic mass is 10.2. The van der Waals surface area contributed by atoms with E-state index in [-0.39, 0.29) is 11.4 Å². The summed E-state index contributed by atoms with van der Waals surface area (Å²) in [6, 6.07) is 2.21. The van der Waals surface area contributed by atoms with E-state index in [4.69, 9.17) is 34.0 Å². The molecule has 0 radical (unpaired) electrons. The van der Waals surface area contributed by atoms with E-state index in [0.717, 1.165) is 12.1 Å². The Morgan fingerprint density at radius 1 is 1.26 bits per heavy atom. The number of carbonyl (C=O) groups is 2. The number of carbonyl (C=O) groups excluding carboxylic acids is 1. The molecule has 6 nitrogen and oxygen atoms in total. The molecule has 19 heavy (non-hydrogen) atoms. The maximum Gasteiger partial charge on any atom is 0.338 e. The van der Waals surface area contributed by atoms with Crippen molar-refractivity contribution < 1.29 is 23.1 Å². The first kappa shape index (κ1) is 15.7. The molecule has 1 aromatic rings. The fourth-order valence-corrected chi connectivity index (χ4v) is 3.54. The summed E-state index contributed by atoms with van der Waals surface area (Å²) in [6.45, 7) is 0. The molecule has 9 heteroatoms. The SMILES string of the molecule is NC(=O)CCS(=O)(=O)c1ccc(Cl)c(C(=O)O)c1Cl. The summed E-state index contributed by atoms with van der Waals surface area (Å²) in [4.78, 5) is 21.2. The van der Waals surface area contributed by atoms with Crippen molar-refractivity contribution in [3.05, 3.63) is 27.7 Å². The summed E-state index contributed by atoms with van der Waals surface area (Å²) >= 11 is 11.4. The van der Waals surface area contributed by atoms with Gasteiger partial charge < -0.3 is 10.8 Å². The Hall–Kier alpha value is -1.31. The Morgan fingerprint density at radius 3 is 2.32 bits per heavy atom. The number of amides is 1. The molecule has 3 N–H and O–H groups in total. The van der Waals surface area contributed by atoms with Crippen LogP contribution in [-0.4, -0.2) is 31.2 Å². The molecule has 0 aliphatic heterocycles. The zero-order valence-electron chi connectivity index (χ0n) is 9.39. The molecule has 1 rings (SSSR count). The summed E-state index contributed by atoms with van der Waals surface area (Å²) in [7, 11) is -3.91. The number of benzene rings is 1. The highest BCUT2D eigenvalue weighted by molar-refractivity contribution is 7.91. The molecular weight excluding hydrogens is 317 g/mol. The van der Waals surface area contributed by atoms with E-state index in [2.05, 4.69) is 0 Å². The average Bonchev–Trinajstić information content (AvgIpc) is 2.25. The van der Waals surface area contributed by atoms with Gasteiger partial charge in [0.05, 0.1) is 26.3 Å². The molecule has 0 aliphatic carbocycles. The van der Waals surface area contributed by atoms with Crippen LogP contribution in [0.25, 0.3) is 0 Å². The van der Waals surface area contributed by atoms with Crippen LogP contribution < -0.4 is 5.73 Å². The largest absolute Gasteiger partial charge is 0.478 e. The molecule has 0 atom stereocenters. The average molecular weight is 326 g/mol. The summed E-state index contributed by atoms with van der Waals surface area (Å²) in [5.41, 5.74) is 4.37. The Balaban J connectivity index is 3.33. The number of carboxylic acids is 1. The van der Waals surface area contributed by atoms with Crippen molar-refractivity contribution in [2.45, 2.75) is 11.3 Å². The van der Waals surface area contributed by atoms with Crippen molar-refractivity contribution in [3.63, 3.8) is 0 Å². The molecule has 0 unspecified atom stereocenters. The third-order valence-corrected chi connectivity index (χ3v) is 4.79. The molecular formula is C10H9Cl2NO5S. The number of nitrogens with two attached hydrogens (primary N) is 1. The molecule has 104 valence electrons. The van der Waals surface area contributed by atoms with E-state index in [1.165, 1.54) is 0 Å². The van der Waals surface area contributed by atoms with Crippen LogP contribution >= 0.6 is 23.2 Å². The number of rotatable bonds is 5. The van der Waals surface area contributed by atoms with Crippen LogP contribution in [0.3, 0.4) is 0 Å². The summed E-state index contributed by atoms with van der Waals surface area (Å²) in [5, 5.41) is 8.26. The lowest BCUT2D eigenvalue weighted by Crippen LogP contribution is -2.18. The van der Waals surface area contributed by atoms with Gasteiger partial charge in [-0.05, 0) is 12.1 Å². The van der Waals surface area contributed by atoms with E-state index >= 15 is 0 Å². The Morgan fingerprint density at radius 2 is 1.84 bits per heavy atom. The highest BCUT2D eigenvalue weighted by atomic mass is 35.5. The molecule has 0 aromatic heterocycles. The molecule has 1 amide bonds. The van der Waals surface area contributed by atoms with Gasteiger partial charge in [-0.3, -0.25) is 4.79 Å². The molecule has 0 saturated carbocycles. The first-order valence-corrected chi connectivity index (χ1v) is 7.30. The summed E-state index contributed by atoms with van der Waals surface area (Å²) in [6.07, 6.45) is -0.385. The maximum absolute atomic E-state index is 11.9. The van der Waals surface area contributed by atoms with Gasteiger partial charge in [0.1, 0.15) is 0 Å². The third kappa shape index (κ3) is 3.59. The van der Waals surface area contributed by atoms with Crippen molar-refractivity contribution >= 4 is 44.9 Å². The minimum atomic E-state index is -3.91. The zero-order chi connectivity index (χ0) is 14.8. The minimum absolute atomic E-state index is 0.175. The van der Waals surface area contributed by atoms with E-state index in [9.17, 15) is 18.0 Å². The molecule has 0 bridgehead atoms. The quantitative estimate of drug-likeness (QED) is 0.847. The molecule has 0 saturated heterocycles. The first-order chi connectivity index (χ1) is 8.66. The number of halogens is 2. The monoisotopic (exact) mass is 325 g/mol. The molecule has 0 fully saturated rings. The predicted molar refractivity (Wildman–Crippen MR) is 69.3 cm³/mol. The van der Waals surface area contributed by atoms with Crippen LogP contribution in [0.4, 0.5) is 0 Å². The number of aromatic carboxylic acids is 1. The van der Waals surface area contributed by atoms with Crippen molar-refractivity contribution in [2.75, 3.05) is 5.75 Å². The van der Waals surface area contributed by atoms with Crippen molar-refractivity contribution in [1.82, 2.24) is 0 Å². The first-order valence-electron chi connectivity index (χ1n) is 4.89. The second kappa shape index (κ2) is 5.77. The Bertz CT molecular complexity index is 642. The van der Waals surface area contributed by atoms with Crippen LogP contribution in [-0.2, 0) is 14.6 Å². The zero-order valence-corrected chi connectivity index (χ0v) is 11.7. The van der Waals surface area contributed by atoms with Gasteiger partial charge in [-0.1, -0.05) is 23.2 Å². The summed E-state index contributed by atoms with van der Waals surface area (Å²) in [5.74, 6) is -2.78. The smallest absolute Gasteiger partial charge is 0.338 e. The number of carboxylic acid groups (broad SMARTS) is 1. The normalized spacial score (nSPS) is 11.3. The second-order valence-electron chi connectivity index (χ2n) is 3.57. The fraction of sp³-hybridized carbons (Fsp3) is 0.200. The minimum Gasteiger partial charge on any atom is -0.478 e. The Kier molecular flexibility index (Phi) is 4.78. The summed E-state index contributed by atoms with van der Waals surface area (Å²) < 4.78 is 23.8. The van der Waals surface area contributed by atoms with E-state index in [0.29, 0.717) is 0 Å². The van der Waals surface area contributed by atoms with Gasteiger partial charge >= 0.3 is 5.97 Å². The van der Waals surface area contributed by atoms with Gasteiger partial charge in [-0.25, -0.2) is 13.2 Å². The molecule has 0 aliphatic rings. The highest BCUT2D eigenvalue weighted by Crippen LogP contribution is 2.31. The van der Waals surface area contributed by atoms with Gasteiger partial charge in [0.2, 0.25) is 5.91 Å². The van der Waals surface area contributed by atoms with Crippen LogP contribution in [0.2, 0.25) is 10.0 Å². The lowest BCUT2D eigenvalue weighted by Gasteiger charge is -2.09. The maximum atomic E-state index is 11.9. The van der Waals surface area contributed by atoms with Crippen LogP contribution in [0.5, 0.6) is 0 Å². The van der Waals surface area contributed by atoms with Crippen molar-refractivity contribution in [3.8, 4) is 0 Å². The number of primary amides is 1. The van der Waals surface area contributed by atoms with E-state index < -0.39 is 42.9 Å². The Labute approximate surface area is 119 Å². The van der Waals surface area contributed by atoms with E-state index in [1.807, 2.05) is 0 Å². The molecule has 0 heterocycles. The van der Waals surface area contributed by atoms with Crippen molar-refractivity contribution in [2.24, 2.45) is 5.73 Å². The van der Waals surface area contributed by atoms with E-state index in [1.54, 1.807) is 0 Å². The van der Waals surface area contributed by atoms with Gasteiger partial charge in [0, 0.05) is 6.42 Å². The molecule has 1 aromatic carbocycles. The van der Waals surface area contributed by atoms with Crippen LogP contribution in [0.15, 0.2) is 17.0 Å². The van der Waals surface area contributed by atoms with Gasteiger partial charge in [0.25, 0.3) is 0 Å². The molecule has 0 spiro atoms. The van der Waals surface area contributed by atoms with Crippen LogP contribution in [0.1, 0.15) is 16.8 Å². The highest BCUT2D eigenvalue weighted by Gasteiger charge is 2.25. The lowest BCUT2D eigenvalue weighted by molar-refractivity contribution is -0.117. The van der Waals surface area contributed by atoms with Gasteiger partial charge in [-0.2, -0.15) is 0 Å². The standard InChI is InChI=1S/C10H9Cl2NO5S/c11-5-1-2-6(9(12)8(5)10(15)16)19(17,18)4-3-7(13)14/h1-2H,3-4H2,(H2,13,14)(H,15,16). The second-order valence-corrected chi connectivity index (χ2v) is 6.44. The predicted octanol–water partition coefficient (Wildman–Crippen LogP) is 1.34. The topological polar surface area (TPSA) is 115 Å². The number of hydrogen-bond donors (Lipinski definition) is 2. The van der Waals surface area contributed by atoms with Crippen LogP contribution in [0, 0.1) is 0 Å². The fourth-order valence-electron chi connectivity index (χ4n) is 1.31. The van der Waals surface area contributed by atoms with Gasteiger partial charge in [-0.15, -0.1) is 0 Å². The van der Waals surface area contributed by atoms with Crippen molar-refractivity contribution in [1.29, 1.82) is 0 Å². The number of hydrogen-bond acceptors (Lipinski definition) is 4. The number of sulfone groups is 1.